The first kappa shape index (κ1) is 11.5. The molecule has 0 unspecified atom stereocenters. The molecular formula is C13H15N2O2+. The quantitative estimate of drug-likeness (QED) is 0.591. The second-order valence-corrected chi connectivity index (χ2v) is 3.82. The zero-order chi connectivity index (χ0) is 12.1. The van der Waals surface area contributed by atoms with Crippen LogP contribution in [0.5, 0.6) is 0 Å². The van der Waals surface area contributed by atoms with E-state index >= 15 is 0 Å². The standard InChI is InChI=1S/C13H15N2O2/c1-17-13(16)7-4-9-15-10-8-11-5-2-3-6-12(11)14-15/h2-3,5-6,8,10H,4,7,9H2,1H3/q+1. The fourth-order valence-corrected chi connectivity index (χ4v) is 1.67. The Bertz CT molecular complexity index is 526. The second kappa shape index (κ2) is 5.39. The summed E-state index contributed by atoms with van der Waals surface area (Å²) in [6, 6.07) is 9.99. The molecule has 0 fully saturated rings. The zero-order valence-corrected chi connectivity index (χ0v) is 9.80. The fourth-order valence-electron chi connectivity index (χ4n) is 1.67. The molecule has 4 nitrogen and oxygen atoms in total. The molecule has 1 heterocycles. The molecule has 0 amide bonds. The molecule has 0 aliphatic rings. The van der Waals surface area contributed by atoms with Crippen molar-refractivity contribution in [2.24, 2.45) is 0 Å². The molecule has 1 aromatic heterocycles. The van der Waals surface area contributed by atoms with Crippen molar-refractivity contribution in [3.63, 3.8) is 0 Å². The Morgan fingerprint density at radius 2 is 2.18 bits per heavy atom. The van der Waals surface area contributed by atoms with Gasteiger partial charge >= 0.3 is 5.97 Å². The van der Waals surface area contributed by atoms with E-state index in [9.17, 15) is 4.79 Å². The lowest BCUT2D eigenvalue weighted by Crippen LogP contribution is -2.37. The maximum atomic E-state index is 11.0. The second-order valence-electron chi connectivity index (χ2n) is 3.82. The smallest absolute Gasteiger partial charge is 0.305 e. The number of methoxy groups -OCH3 is 1. The third-order valence-electron chi connectivity index (χ3n) is 2.59. The molecule has 4 heteroatoms. The third-order valence-corrected chi connectivity index (χ3v) is 2.59. The summed E-state index contributed by atoms with van der Waals surface area (Å²) < 4.78 is 6.44. The summed E-state index contributed by atoms with van der Waals surface area (Å²) in [5.41, 5.74) is 0.966. The molecule has 88 valence electrons. The average molecular weight is 231 g/mol. The molecule has 0 saturated carbocycles. The minimum Gasteiger partial charge on any atom is -0.469 e. The average Bonchev–Trinajstić information content (AvgIpc) is 2.38. The van der Waals surface area contributed by atoms with Gasteiger partial charge in [0, 0.05) is 23.0 Å². The summed E-state index contributed by atoms with van der Waals surface area (Å²) in [4.78, 5) is 11.0. The van der Waals surface area contributed by atoms with Crippen molar-refractivity contribution in [2.75, 3.05) is 7.11 Å². The van der Waals surface area contributed by atoms with E-state index in [4.69, 9.17) is 0 Å². The Morgan fingerprint density at radius 1 is 1.35 bits per heavy atom. The van der Waals surface area contributed by atoms with E-state index in [0.717, 1.165) is 23.9 Å². The van der Waals surface area contributed by atoms with Gasteiger partial charge in [-0.3, -0.25) is 4.79 Å². The molecule has 1 aromatic carbocycles. The van der Waals surface area contributed by atoms with E-state index in [1.807, 2.05) is 41.2 Å². The van der Waals surface area contributed by atoms with Crippen LogP contribution < -0.4 is 4.68 Å². The van der Waals surface area contributed by atoms with Gasteiger partial charge in [-0.05, 0) is 6.07 Å². The molecule has 0 atom stereocenters. The lowest BCUT2D eigenvalue weighted by Gasteiger charge is -1.97. The number of esters is 1. The molecule has 2 aromatic rings. The summed E-state index contributed by atoms with van der Waals surface area (Å²) in [5.74, 6) is -0.175. The number of rotatable bonds is 4. The summed E-state index contributed by atoms with van der Waals surface area (Å²) >= 11 is 0. The number of aryl methyl sites for hydroxylation is 1. The molecule has 0 aliphatic heterocycles. The van der Waals surface area contributed by atoms with Crippen LogP contribution in [-0.2, 0) is 16.1 Å². The number of aromatic nitrogens is 2. The van der Waals surface area contributed by atoms with Gasteiger partial charge in [0.15, 0.2) is 12.7 Å². The zero-order valence-electron chi connectivity index (χ0n) is 9.80. The van der Waals surface area contributed by atoms with Crippen LogP contribution in [0.4, 0.5) is 0 Å². The van der Waals surface area contributed by atoms with Crippen LogP contribution in [0.2, 0.25) is 0 Å². The van der Waals surface area contributed by atoms with E-state index in [-0.39, 0.29) is 5.97 Å². The highest BCUT2D eigenvalue weighted by Gasteiger charge is 2.07. The Balaban J connectivity index is 2.02. The Kier molecular flexibility index (Phi) is 3.65. The first-order valence-electron chi connectivity index (χ1n) is 5.62. The van der Waals surface area contributed by atoms with Gasteiger partial charge in [0.2, 0.25) is 0 Å². The van der Waals surface area contributed by atoms with Crippen molar-refractivity contribution in [1.29, 1.82) is 0 Å². The number of benzene rings is 1. The van der Waals surface area contributed by atoms with Gasteiger partial charge in [0.1, 0.15) is 5.52 Å². The van der Waals surface area contributed by atoms with Crippen LogP contribution in [0, 0.1) is 0 Å². The SMILES string of the molecule is COC(=O)CCC[n+]1ccc2ccccc2n1. The van der Waals surface area contributed by atoms with Crippen molar-refractivity contribution in [3.05, 3.63) is 36.5 Å². The van der Waals surface area contributed by atoms with Crippen molar-refractivity contribution in [3.8, 4) is 0 Å². The predicted molar refractivity (Wildman–Crippen MR) is 63.2 cm³/mol. The topological polar surface area (TPSA) is 43.1 Å². The van der Waals surface area contributed by atoms with Crippen LogP contribution in [0.25, 0.3) is 10.9 Å². The fraction of sp³-hybridized carbons (Fsp3) is 0.308. The van der Waals surface area contributed by atoms with Gasteiger partial charge < -0.3 is 4.74 Å². The number of hydrogen-bond acceptors (Lipinski definition) is 3. The molecule has 0 saturated heterocycles. The third kappa shape index (κ3) is 3.00. The van der Waals surface area contributed by atoms with Crippen LogP contribution in [0.1, 0.15) is 12.8 Å². The van der Waals surface area contributed by atoms with E-state index in [2.05, 4.69) is 9.84 Å². The number of carbonyl (C=O) groups is 1. The Morgan fingerprint density at radius 3 is 3.00 bits per heavy atom. The first-order chi connectivity index (χ1) is 8.29. The van der Waals surface area contributed by atoms with Crippen molar-refractivity contribution < 1.29 is 14.2 Å². The maximum Gasteiger partial charge on any atom is 0.305 e. The van der Waals surface area contributed by atoms with Gasteiger partial charge in [0.05, 0.1) is 13.5 Å². The molecule has 0 radical (unpaired) electrons. The van der Waals surface area contributed by atoms with E-state index in [1.165, 1.54) is 7.11 Å². The predicted octanol–water partition coefficient (Wildman–Crippen LogP) is 1.48. The largest absolute Gasteiger partial charge is 0.469 e. The van der Waals surface area contributed by atoms with Gasteiger partial charge in [-0.25, -0.2) is 0 Å². The van der Waals surface area contributed by atoms with Crippen molar-refractivity contribution >= 4 is 16.9 Å². The molecule has 17 heavy (non-hydrogen) atoms. The number of nitrogens with zero attached hydrogens (tertiary/aromatic N) is 2. The molecule has 0 aliphatic carbocycles. The molecule has 0 bridgehead atoms. The summed E-state index contributed by atoms with van der Waals surface area (Å²) in [5, 5.41) is 5.58. The normalized spacial score (nSPS) is 10.4. The molecule has 0 N–H and O–H groups in total. The van der Waals surface area contributed by atoms with Crippen LogP contribution in [0.3, 0.4) is 0 Å². The number of fused-ring (bicyclic) bond motifs is 1. The molecular weight excluding hydrogens is 216 g/mol. The highest BCUT2D eigenvalue weighted by molar-refractivity contribution is 5.76. The number of hydrogen-bond donors (Lipinski definition) is 0. The van der Waals surface area contributed by atoms with Crippen LogP contribution >= 0.6 is 0 Å². The van der Waals surface area contributed by atoms with Crippen molar-refractivity contribution in [2.45, 2.75) is 19.4 Å². The van der Waals surface area contributed by atoms with E-state index in [0.29, 0.717) is 6.42 Å². The highest BCUT2D eigenvalue weighted by atomic mass is 16.5. The molecule has 0 spiro atoms. The number of ether oxygens (including phenoxy) is 1. The summed E-state index contributed by atoms with van der Waals surface area (Å²) in [7, 11) is 1.41. The van der Waals surface area contributed by atoms with Crippen LogP contribution in [-0.4, -0.2) is 18.2 Å². The van der Waals surface area contributed by atoms with E-state index in [1.54, 1.807) is 0 Å². The van der Waals surface area contributed by atoms with Crippen molar-refractivity contribution in [1.82, 2.24) is 5.10 Å². The van der Waals surface area contributed by atoms with Gasteiger partial charge in [-0.1, -0.05) is 22.9 Å². The maximum absolute atomic E-state index is 11.0. The Labute approximate surface area is 99.8 Å². The van der Waals surface area contributed by atoms with E-state index < -0.39 is 0 Å². The van der Waals surface area contributed by atoms with Gasteiger partial charge in [-0.15, -0.1) is 0 Å². The minimum atomic E-state index is -0.175. The Hall–Kier alpha value is -1.97. The van der Waals surface area contributed by atoms with Gasteiger partial charge in [-0.2, -0.15) is 0 Å². The first-order valence-corrected chi connectivity index (χ1v) is 5.62. The summed E-state index contributed by atoms with van der Waals surface area (Å²) in [6.07, 6.45) is 3.10. The summed E-state index contributed by atoms with van der Waals surface area (Å²) in [6.45, 7) is 0.722. The monoisotopic (exact) mass is 231 g/mol. The van der Waals surface area contributed by atoms with Crippen LogP contribution in [0.15, 0.2) is 36.5 Å². The molecule has 2 rings (SSSR count). The van der Waals surface area contributed by atoms with Gasteiger partial charge in [0.25, 0.3) is 0 Å². The number of carbonyl (C=O) groups excluding carboxylic acids is 1. The lowest BCUT2D eigenvalue weighted by atomic mass is 10.2. The minimum absolute atomic E-state index is 0.175. The lowest BCUT2D eigenvalue weighted by molar-refractivity contribution is -0.751. The highest BCUT2D eigenvalue weighted by Crippen LogP contribution is 2.06.